The number of hydrogen-bond donors (Lipinski definition) is 0. The van der Waals surface area contributed by atoms with Crippen LogP contribution in [0.4, 0.5) is 0 Å². The maximum Gasteiger partial charge on any atom is 0.0981 e. The second-order valence-electron chi connectivity index (χ2n) is 5.10. The smallest absolute Gasteiger partial charge is 0.0981 e. The molecule has 0 saturated carbocycles. The van der Waals surface area contributed by atoms with Gasteiger partial charge >= 0.3 is 0 Å². The first kappa shape index (κ1) is 16.2. The molecule has 0 saturated heterocycles. The number of benzene rings is 1. The normalized spacial score (nSPS) is 11.4. The lowest BCUT2D eigenvalue weighted by molar-refractivity contribution is -0.906. The zero-order chi connectivity index (χ0) is 14.7. The molecule has 0 heterocycles. The van der Waals surface area contributed by atoms with Crippen molar-refractivity contribution in [3.8, 4) is 0 Å². The summed E-state index contributed by atoms with van der Waals surface area (Å²) in [6.07, 6.45) is 11.5. The van der Waals surface area contributed by atoms with Crippen LogP contribution in [0.25, 0.3) is 0 Å². The molecule has 0 fully saturated rings. The Morgan fingerprint density at radius 3 is 1.80 bits per heavy atom. The van der Waals surface area contributed by atoms with E-state index in [-0.39, 0.29) is 0 Å². The van der Waals surface area contributed by atoms with Crippen LogP contribution in [0.15, 0.2) is 80.4 Å². The molecule has 0 atom stereocenters. The molecule has 0 N–H and O–H groups in total. The van der Waals surface area contributed by atoms with Gasteiger partial charge in [-0.3, -0.25) is 0 Å². The summed E-state index contributed by atoms with van der Waals surface area (Å²) in [5.74, 6) is 0. The van der Waals surface area contributed by atoms with Crippen molar-refractivity contribution in [1.82, 2.24) is 0 Å². The van der Waals surface area contributed by atoms with Crippen LogP contribution in [0.2, 0.25) is 0 Å². The molecule has 0 bridgehead atoms. The average Bonchev–Trinajstić information content (AvgIpc) is 2.46. The van der Waals surface area contributed by atoms with Crippen molar-refractivity contribution in [2.24, 2.45) is 0 Å². The van der Waals surface area contributed by atoms with E-state index in [0.717, 1.165) is 37.1 Å². The van der Waals surface area contributed by atoms with E-state index in [9.17, 15) is 0 Å². The van der Waals surface area contributed by atoms with Crippen LogP contribution < -0.4 is 0 Å². The summed E-state index contributed by atoms with van der Waals surface area (Å²) in [7, 11) is 0. The van der Waals surface area contributed by atoms with E-state index in [1.165, 1.54) is 5.56 Å². The SMILES string of the molecule is C=CC[N+](CC=C)(CC=C)CC=CCc1ccccc1. The summed E-state index contributed by atoms with van der Waals surface area (Å²) in [6.45, 7) is 15.4. The number of quaternary nitrogens is 1. The second-order valence-corrected chi connectivity index (χ2v) is 5.10. The van der Waals surface area contributed by atoms with E-state index >= 15 is 0 Å². The topological polar surface area (TPSA) is 0 Å². The lowest BCUT2D eigenvalue weighted by Gasteiger charge is -2.35. The second kappa shape index (κ2) is 9.11. The molecule has 20 heavy (non-hydrogen) atoms. The van der Waals surface area contributed by atoms with E-state index < -0.39 is 0 Å². The predicted octanol–water partition coefficient (Wildman–Crippen LogP) is 4.16. The van der Waals surface area contributed by atoms with Crippen molar-refractivity contribution in [1.29, 1.82) is 0 Å². The molecule has 0 unspecified atom stereocenters. The average molecular weight is 268 g/mol. The highest BCUT2D eigenvalue weighted by atomic mass is 15.3. The Labute approximate surface area is 123 Å². The van der Waals surface area contributed by atoms with E-state index in [0.29, 0.717) is 0 Å². The molecule has 0 amide bonds. The van der Waals surface area contributed by atoms with Crippen LogP contribution in [0, 0.1) is 0 Å². The fourth-order valence-corrected chi connectivity index (χ4v) is 2.40. The largest absolute Gasteiger partial charge is 0.311 e. The molecule has 0 aliphatic heterocycles. The summed E-state index contributed by atoms with van der Waals surface area (Å²) in [5, 5.41) is 0. The molecule has 1 nitrogen and oxygen atoms in total. The zero-order valence-corrected chi connectivity index (χ0v) is 12.4. The molecule has 0 spiro atoms. The third-order valence-corrected chi connectivity index (χ3v) is 3.40. The van der Waals surface area contributed by atoms with Crippen molar-refractivity contribution in [3.63, 3.8) is 0 Å². The van der Waals surface area contributed by atoms with Crippen molar-refractivity contribution in [3.05, 3.63) is 86.0 Å². The molecule has 0 aliphatic carbocycles. The minimum absolute atomic E-state index is 0.918. The Bertz CT molecular complexity index is 416. The Balaban J connectivity index is 2.62. The van der Waals surface area contributed by atoms with Gasteiger partial charge in [-0.1, -0.05) is 56.1 Å². The fraction of sp³-hybridized carbons (Fsp3) is 0.263. The lowest BCUT2D eigenvalue weighted by Crippen LogP contribution is -2.48. The zero-order valence-electron chi connectivity index (χ0n) is 12.4. The molecule has 1 aromatic rings. The Hall–Kier alpha value is -1.86. The summed E-state index contributed by atoms with van der Waals surface area (Å²) in [5.41, 5.74) is 1.35. The molecule has 0 aliphatic rings. The van der Waals surface area contributed by atoms with E-state index in [2.05, 4.69) is 56.2 Å². The van der Waals surface area contributed by atoms with Gasteiger partial charge < -0.3 is 4.48 Å². The van der Waals surface area contributed by atoms with E-state index in [4.69, 9.17) is 0 Å². The first-order valence-electron chi connectivity index (χ1n) is 7.13. The van der Waals surface area contributed by atoms with Gasteiger partial charge in [-0.25, -0.2) is 0 Å². The monoisotopic (exact) mass is 268 g/mol. The molecule has 1 rings (SSSR count). The van der Waals surface area contributed by atoms with Gasteiger partial charge in [0.05, 0.1) is 26.2 Å². The quantitative estimate of drug-likeness (QED) is 0.441. The van der Waals surface area contributed by atoms with Gasteiger partial charge in [0.15, 0.2) is 0 Å². The highest BCUT2D eigenvalue weighted by molar-refractivity contribution is 5.17. The van der Waals surface area contributed by atoms with Crippen LogP contribution in [-0.4, -0.2) is 30.7 Å². The predicted molar refractivity (Wildman–Crippen MR) is 89.6 cm³/mol. The summed E-state index contributed by atoms with van der Waals surface area (Å²) in [6, 6.07) is 10.5. The van der Waals surface area contributed by atoms with Crippen molar-refractivity contribution in [2.45, 2.75) is 6.42 Å². The first-order valence-corrected chi connectivity index (χ1v) is 7.13. The molecule has 1 aromatic carbocycles. The Kier molecular flexibility index (Phi) is 7.38. The maximum atomic E-state index is 3.88. The van der Waals surface area contributed by atoms with Crippen LogP contribution in [-0.2, 0) is 6.42 Å². The molecular weight excluding hydrogens is 242 g/mol. The van der Waals surface area contributed by atoms with Gasteiger partial charge in [0.25, 0.3) is 0 Å². The van der Waals surface area contributed by atoms with Gasteiger partial charge in [-0.2, -0.15) is 0 Å². The van der Waals surface area contributed by atoms with Gasteiger partial charge in [0.1, 0.15) is 0 Å². The van der Waals surface area contributed by atoms with Crippen LogP contribution in [0.3, 0.4) is 0 Å². The fourth-order valence-electron chi connectivity index (χ4n) is 2.40. The van der Waals surface area contributed by atoms with Crippen LogP contribution in [0.1, 0.15) is 5.56 Å². The lowest BCUT2D eigenvalue weighted by atomic mass is 10.1. The standard InChI is InChI=1S/C19H26N/c1-4-15-20(16-5-2,17-6-3)18-11-10-14-19-12-8-7-9-13-19/h4-13H,1-3,14-18H2/q+1. The summed E-state index contributed by atoms with van der Waals surface area (Å²) < 4.78 is 0.918. The molecule has 106 valence electrons. The third-order valence-electron chi connectivity index (χ3n) is 3.40. The van der Waals surface area contributed by atoms with Crippen LogP contribution in [0.5, 0.6) is 0 Å². The van der Waals surface area contributed by atoms with E-state index in [1.807, 2.05) is 24.3 Å². The molecule has 1 heteroatoms. The van der Waals surface area contributed by atoms with Gasteiger partial charge in [-0.15, -0.1) is 0 Å². The molecule has 0 radical (unpaired) electrons. The van der Waals surface area contributed by atoms with Crippen molar-refractivity contribution < 1.29 is 4.48 Å². The Morgan fingerprint density at radius 2 is 1.30 bits per heavy atom. The first-order chi connectivity index (χ1) is 9.76. The van der Waals surface area contributed by atoms with Gasteiger partial charge in [-0.05, 0) is 36.3 Å². The van der Waals surface area contributed by atoms with E-state index in [1.54, 1.807) is 0 Å². The van der Waals surface area contributed by atoms with Gasteiger partial charge in [0.2, 0.25) is 0 Å². The summed E-state index contributed by atoms with van der Waals surface area (Å²) in [4.78, 5) is 0. The number of rotatable bonds is 10. The van der Waals surface area contributed by atoms with Gasteiger partial charge in [0, 0.05) is 0 Å². The highest BCUT2D eigenvalue weighted by Crippen LogP contribution is 2.09. The molecular formula is C19H26N+. The summed E-state index contributed by atoms with van der Waals surface area (Å²) >= 11 is 0. The maximum absolute atomic E-state index is 3.88. The Morgan fingerprint density at radius 1 is 0.750 bits per heavy atom. The van der Waals surface area contributed by atoms with Crippen molar-refractivity contribution in [2.75, 3.05) is 26.2 Å². The third kappa shape index (κ3) is 5.41. The number of hydrogen-bond acceptors (Lipinski definition) is 0. The number of nitrogens with zero attached hydrogens (tertiary/aromatic N) is 1. The molecule has 0 aromatic heterocycles. The minimum atomic E-state index is 0.918. The van der Waals surface area contributed by atoms with Crippen LogP contribution >= 0.6 is 0 Å². The number of allylic oxidation sites excluding steroid dienone is 1. The van der Waals surface area contributed by atoms with Crippen molar-refractivity contribution >= 4 is 0 Å². The minimum Gasteiger partial charge on any atom is -0.311 e. The highest BCUT2D eigenvalue weighted by Gasteiger charge is 2.20.